The van der Waals surface area contributed by atoms with Crippen LogP contribution in [0.25, 0.3) is 0 Å². The number of ether oxygens (including phenoxy) is 1. The van der Waals surface area contributed by atoms with Gasteiger partial charge in [-0.25, -0.2) is 0 Å². The highest BCUT2D eigenvalue weighted by atomic mass is 35.5. The molecule has 0 bridgehead atoms. The van der Waals surface area contributed by atoms with E-state index < -0.39 is 0 Å². The van der Waals surface area contributed by atoms with Crippen LogP contribution in [0.4, 0.5) is 0 Å². The fourth-order valence-corrected chi connectivity index (χ4v) is 2.47. The lowest BCUT2D eigenvalue weighted by atomic mass is 10.2. The van der Waals surface area contributed by atoms with E-state index in [-0.39, 0.29) is 18.3 Å². The van der Waals surface area contributed by atoms with Gasteiger partial charge in [-0.3, -0.25) is 4.79 Å². The number of nitrogens with one attached hydrogen (secondary N) is 2. The highest BCUT2D eigenvalue weighted by Gasteiger charge is 2.17. The Labute approximate surface area is 133 Å². The van der Waals surface area contributed by atoms with E-state index in [2.05, 4.69) is 10.6 Å². The second-order valence-corrected chi connectivity index (χ2v) is 5.26. The van der Waals surface area contributed by atoms with Crippen LogP contribution in [0.15, 0.2) is 24.3 Å². The van der Waals surface area contributed by atoms with Gasteiger partial charge >= 0.3 is 0 Å². The zero-order valence-electron chi connectivity index (χ0n) is 12.6. The van der Waals surface area contributed by atoms with Gasteiger partial charge in [-0.1, -0.05) is 18.2 Å². The summed E-state index contributed by atoms with van der Waals surface area (Å²) >= 11 is 0. The van der Waals surface area contributed by atoms with Crippen LogP contribution in [0.1, 0.15) is 37.7 Å². The first-order valence-corrected chi connectivity index (χ1v) is 7.45. The number of carbonyl (C=O) groups excluding carboxylic acids is 1. The summed E-state index contributed by atoms with van der Waals surface area (Å²) in [6.07, 6.45) is 5.64. The summed E-state index contributed by atoms with van der Waals surface area (Å²) in [6, 6.07) is 7.98. The average Bonchev–Trinajstić information content (AvgIpc) is 2.97. The van der Waals surface area contributed by atoms with Crippen molar-refractivity contribution >= 4 is 18.3 Å². The maximum absolute atomic E-state index is 11.6. The molecular weight excluding hydrogens is 288 g/mol. The van der Waals surface area contributed by atoms with Gasteiger partial charge in [0.2, 0.25) is 5.91 Å². The molecule has 1 aromatic rings. The maximum atomic E-state index is 11.6. The molecular formula is C16H25ClN2O2. The number of benzene rings is 1. The smallest absolute Gasteiger partial charge is 0.221 e. The molecule has 1 aliphatic rings. The molecule has 0 spiro atoms. The normalized spacial score (nSPS) is 14.5. The predicted octanol–water partition coefficient (Wildman–Crippen LogP) is 2.66. The molecule has 0 aliphatic heterocycles. The van der Waals surface area contributed by atoms with Gasteiger partial charge in [0.15, 0.2) is 0 Å². The number of amides is 1. The predicted molar refractivity (Wildman–Crippen MR) is 87.0 cm³/mol. The second-order valence-electron chi connectivity index (χ2n) is 5.26. The first-order valence-electron chi connectivity index (χ1n) is 7.45. The first-order chi connectivity index (χ1) is 9.79. The van der Waals surface area contributed by atoms with Crippen molar-refractivity contribution in [3.8, 4) is 5.75 Å². The van der Waals surface area contributed by atoms with Crippen LogP contribution in [-0.2, 0) is 11.3 Å². The van der Waals surface area contributed by atoms with E-state index in [9.17, 15) is 4.79 Å². The lowest BCUT2D eigenvalue weighted by Gasteiger charge is -2.16. The largest absolute Gasteiger partial charge is 0.490 e. The summed E-state index contributed by atoms with van der Waals surface area (Å²) < 4.78 is 6.06. The summed E-state index contributed by atoms with van der Waals surface area (Å²) in [4.78, 5) is 11.6. The van der Waals surface area contributed by atoms with E-state index in [0.29, 0.717) is 25.6 Å². The van der Waals surface area contributed by atoms with Crippen LogP contribution in [0, 0.1) is 0 Å². The van der Waals surface area contributed by atoms with Gasteiger partial charge in [0.25, 0.3) is 0 Å². The topological polar surface area (TPSA) is 50.4 Å². The molecule has 1 fully saturated rings. The van der Waals surface area contributed by atoms with Gasteiger partial charge in [0, 0.05) is 25.1 Å². The Hall–Kier alpha value is -1.26. The van der Waals surface area contributed by atoms with Crippen molar-refractivity contribution < 1.29 is 9.53 Å². The Morgan fingerprint density at radius 2 is 2.00 bits per heavy atom. The minimum absolute atomic E-state index is 0. The van der Waals surface area contributed by atoms with Crippen molar-refractivity contribution in [2.24, 2.45) is 0 Å². The van der Waals surface area contributed by atoms with E-state index in [0.717, 1.165) is 24.2 Å². The molecule has 0 aromatic heterocycles. The number of hydrogen-bond acceptors (Lipinski definition) is 3. The van der Waals surface area contributed by atoms with Crippen molar-refractivity contribution in [3.63, 3.8) is 0 Å². The molecule has 2 N–H and O–H groups in total. The Morgan fingerprint density at radius 3 is 2.71 bits per heavy atom. The number of halogens is 1. The van der Waals surface area contributed by atoms with Gasteiger partial charge in [-0.05, 0) is 38.8 Å². The standard InChI is InChI=1S/C16H24N2O2.ClH/c1-17-11-10-16(19)18-12-13-6-2-5-9-15(13)20-14-7-3-4-8-14;/h2,5-6,9,14,17H,3-4,7-8,10-12H2,1H3,(H,18,19);1H. The Bertz CT molecular complexity index is 434. The fourth-order valence-electron chi connectivity index (χ4n) is 2.47. The molecule has 1 aliphatic carbocycles. The Kier molecular flexibility index (Phi) is 8.16. The monoisotopic (exact) mass is 312 g/mol. The van der Waals surface area contributed by atoms with E-state index in [1.807, 2.05) is 31.3 Å². The number of hydrogen-bond donors (Lipinski definition) is 2. The molecule has 0 radical (unpaired) electrons. The summed E-state index contributed by atoms with van der Waals surface area (Å²) in [5.74, 6) is 0.975. The molecule has 0 atom stereocenters. The van der Waals surface area contributed by atoms with Crippen molar-refractivity contribution in [1.82, 2.24) is 10.6 Å². The molecule has 21 heavy (non-hydrogen) atoms. The average molecular weight is 313 g/mol. The number of carbonyl (C=O) groups is 1. The highest BCUT2D eigenvalue weighted by molar-refractivity contribution is 5.85. The van der Waals surface area contributed by atoms with E-state index >= 15 is 0 Å². The summed E-state index contributed by atoms with van der Waals surface area (Å²) in [5.41, 5.74) is 1.05. The van der Waals surface area contributed by atoms with Gasteiger partial charge in [-0.15, -0.1) is 12.4 Å². The highest BCUT2D eigenvalue weighted by Crippen LogP contribution is 2.26. The fraction of sp³-hybridized carbons (Fsp3) is 0.562. The van der Waals surface area contributed by atoms with E-state index in [1.165, 1.54) is 12.8 Å². The van der Waals surface area contributed by atoms with Crippen LogP contribution < -0.4 is 15.4 Å². The Balaban J connectivity index is 0.00000220. The molecule has 1 aromatic carbocycles. The van der Waals surface area contributed by atoms with Crippen molar-refractivity contribution in [2.45, 2.75) is 44.8 Å². The Morgan fingerprint density at radius 1 is 1.29 bits per heavy atom. The molecule has 118 valence electrons. The summed E-state index contributed by atoms with van der Waals surface area (Å²) in [6.45, 7) is 1.23. The van der Waals surface area contributed by atoms with Crippen molar-refractivity contribution in [2.75, 3.05) is 13.6 Å². The minimum atomic E-state index is 0. The van der Waals surface area contributed by atoms with Crippen LogP contribution in [0.3, 0.4) is 0 Å². The van der Waals surface area contributed by atoms with E-state index in [1.54, 1.807) is 0 Å². The van der Waals surface area contributed by atoms with Crippen molar-refractivity contribution in [3.05, 3.63) is 29.8 Å². The van der Waals surface area contributed by atoms with Crippen LogP contribution in [0.2, 0.25) is 0 Å². The van der Waals surface area contributed by atoms with Crippen LogP contribution in [-0.4, -0.2) is 25.6 Å². The molecule has 0 heterocycles. The minimum Gasteiger partial charge on any atom is -0.490 e. The van der Waals surface area contributed by atoms with Crippen molar-refractivity contribution in [1.29, 1.82) is 0 Å². The molecule has 2 rings (SSSR count). The third kappa shape index (κ3) is 5.94. The quantitative estimate of drug-likeness (QED) is 0.814. The van der Waals surface area contributed by atoms with Crippen LogP contribution >= 0.6 is 12.4 Å². The van der Waals surface area contributed by atoms with Crippen LogP contribution in [0.5, 0.6) is 5.75 Å². The lowest BCUT2D eigenvalue weighted by molar-refractivity contribution is -0.121. The molecule has 5 heteroatoms. The SMILES string of the molecule is CNCCC(=O)NCc1ccccc1OC1CCCC1.Cl. The zero-order chi connectivity index (χ0) is 14.2. The molecule has 0 unspecified atom stereocenters. The molecule has 1 amide bonds. The van der Waals surface area contributed by atoms with Gasteiger partial charge in [0.05, 0.1) is 6.10 Å². The van der Waals surface area contributed by atoms with E-state index in [4.69, 9.17) is 4.74 Å². The third-order valence-electron chi connectivity index (χ3n) is 3.65. The zero-order valence-corrected chi connectivity index (χ0v) is 13.4. The maximum Gasteiger partial charge on any atom is 0.221 e. The molecule has 0 saturated heterocycles. The van der Waals surface area contributed by atoms with Gasteiger partial charge in [0.1, 0.15) is 5.75 Å². The lowest BCUT2D eigenvalue weighted by Crippen LogP contribution is -2.26. The third-order valence-corrected chi connectivity index (χ3v) is 3.65. The number of para-hydroxylation sites is 1. The molecule has 4 nitrogen and oxygen atoms in total. The first kappa shape index (κ1) is 17.8. The van der Waals surface area contributed by atoms with Gasteiger partial charge < -0.3 is 15.4 Å². The summed E-state index contributed by atoms with van der Waals surface area (Å²) in [5, 5.41) is 5.91. The second kappa shape index (κ2) is 9.64. The molecule has 1 saturated carbocycles. The van der Waals surface area contributed by atoms with Gasteiger partial charge in [-0.2, -0.15) is 0 Å². The number of rotatable bonds is 7. The summed E-state index contributed by atoms with van der Waals surface area (Å²) in [7, 11) is 1.85.